The highest BCUT2D eigenvalue weighted by Crippen LogP contribution is 2.35. The van der Waals surface area contributed by atoms with Crippen LogP contribution in [0.5, 0.6) is 11.5 Å². The number of methoxy groups -OCH3 is 2. The van der Waals surface area contributed by atoms with Crippen LogP contribution in [0.3, 0.4) is 0 Å². The van der Waals surface area contributed by atoms with Crippen LogP contribution in [-0.4, -0.2) is 40.5 Å². The zero-order valence-corrected chi connectivity index (χ0v) is 18.8. The summed E-state index contributed by atoms with van der Waals surface area (Å²) in [5, 5.41) is 6.36. The fraction of sp³-hybridized carbons (Fsp3) is 0.167. The van der Waals surface area contributed by atoms with Crippen LogP contribution >= 0.6 is 0 Å². The summed E-state index contributed by atoms with van der Waals surface area (Å²) in [5.74, 6) is -0.146. The lowest BCUT2D eigenvalue weighted by Gasteiger charge is -2.13. The largest absolute Gasteiger partial charge is 0.493 e. The first-order valence-electron chi connectivity index (χ1n) is 10.2. The Morgan fingerprint density at radius 1 is 0.971 bits per heavy atom. The third-order valence-electron chi connectivity index (χ3n) is 5.24. The van der Waals surface area contributed by atoms with Gasteiger partial charge in [-0.3, -0.25) is 9.59 Å². The zero-order valence-electron chi connectivity index (χ0n) is 18.8. The molecular weight excluding hydrogens is 465 g/mol. The molecule has 1 N–H and O–H groups in total. The molecule has 0 fully saturated rings. The summed E-state index contributed by atoms with van der Waals surface area (Å²) in [5.41, 5.74) is -0.441. The highest BCUT2D eigenvalue weighted by molar-refractivity contribution is 6.08. The van der Waals surface area contributed by atoms with E-state index in [0.29, 0.717) is 32.8 Å². The van der Waals surface area contributed by atoms with Crippen molar-refractivity contribution in [2.75, 3.05) is 19.5 Å². The van der Waals surface area contributed by atoms with E-state index in [9.17, 15) is 22.8 Å². The number of aromatic nitrogens is 3. The highest BCUT2D eigenvalue weighted by atomic mass is 19.4. The third-order valence-corrected chi connectivity index (χ3v) is 5.24. The molecule has 35 heavy (non-hydrogen) atoms. The van der Waals surface area contributed by atoms with Gasteiger partial charge in [0.1, 0.15) is 5.56 Å². The average molecular weight is 484 g/mol. The van der Waals surface area contributed by atoms with Gasteiger partial charge >= 0.3 is 6.18 Å². The van der Waals surface area contributed by atoms with E-state index in [0.717, 1.165) is 12.3 Å². The standard InChI is InChI=1S/C24H19F3N4O4/c1-13(32)14-4-7-16(8-5-14)29-23(33)17-12-28-31-21(24(25,26)27)11-18(30-22(17)31)15-6-9-19(34-2)20(10-15)35-3/h4-12H,1-3H3,(H,29,33). The molecule has 2 aromatic heterocycles. The summed E-state index contributed by atoms with van der Waals surface area (Å²) in [7, 11) is 2.84. The maximum Gasteiger partial charge on any atom is 0.433 e. The molecule has 0 saturated carbocycles. The van der Waals surface area contributed by atoms with Gasteiger partial charge in [0, 0.05) is 16.8 Å². The Hall–Kier alpha value is -4.41. The Morgan fingerprint density at radius 3 is 2.26 bits per heavy atom. The van der Waals surface area contributed by atoms with Crippen LogP contribution in [-0.2, 0) is 6.18 Å². The van der Waals surface area contributed by atoms with Crippen molar-refractivity contribution < 1.29 is 32.2 Å². The number of nitrogens with zero attached hydrogens (tertiary/aromatic N) is 3. The molecule has 0 aliphatic heterocycles. The first-order valence-corrected chi connectivity index (χ1v) is 10.2. The van der Waals surface area contributed by atoms with Gasteiger partial charge in [-0.15, -0.1) is 0 Å². The molecule has 11 heteroatoms. The van der Waals surface area contributed by atoms with Crippen molar-refractivity contribution >= 4 is 23.0 Å². The number of alkyl halides is 3. The van der Waals surface area contributed by atoms with Crippen molar-refractivity contribution in [3.63, 3.8) is 0 Å². The Balaban J connectivity index is 1.80. The normalized spacial score (nSPS) is 11.4. The molecule has 0 saturated heterocycles. The summed E-state index contributed by atoms with van der Waals surface area (Å²) in [6.07, 6.45) is -3.75. The summed E-state index contributed by atoms with van der Waals surface area (Å²) in [6.45, 7) is 1.41. The van der Waals surface area contributed by atoms with Crippen LogP contribution in [0.1, 0.15) is 33.3 Å². The number of carbonyl (C=O) groups excluding carboxylic acids is 2. The van der Waals surface area contributed by atoms with Gasteiger partial charge in [0.05, 0.1) is 26.1 Å². The van der Waals surface area contributed by atoms with E-state index in [-0.39, 0.29) is 22.7 Å². The predicted octanol–water partition coefficient (Wildman–Crippen LogP) is 4.89. The van der Waals surface area contributed by atoms with E-state index in [2.05, 4.69) is 15.4 Å². The molecule has 0 atom stereocenters. The second-order valence-electron chi connectivity index (χ2n) is 7.48. The first-order chi connectivity index (χ1) is 16.6. The molecule has 0 aliphatic carbocycles. The van der Waals surface area contributed by atoms with Gasteiger partial charge in [0.15, 0.2) is 28.6 Å². The number of anilines is 1. The molecule has 0 unspecified atom stereocenters. The number of rotatable bonds is 6. The number of halogens is 3. The van der Waals surface area contributed by atoms with Crippen LogP contribution in [0.4, 0.5) is 18.9 Å². The predicted molar refractivity (Wildman–Crippen MR) is 121 cm³/mol. The summed E-state index contributed by atoms with van der Waals surface area (Å²) >= 11 is 0. The molecule has 4 aromatic rings. The minimum absolute atomic E-state index is 0.0360. The number of amides is 1. The van der Waals surface area contributed by atoms with Gasteiger partial charge in [0.2, 0.25) is 0 Å². The third kappa shape index (κ3) is 4.65. The van der Waals surface area contributed by atoms with Crippen LogP contribution in [0, 0.1) is 0 Å². The smallest absolute Gasteiger partial charge is 0.433 e. The summed E-state index contributed by atoms with van der Waals surface area (Å²) in [4.78, 5) is 28.7. The highest BCUT2D eigenvalue weighted by Gasteiger charge is 2.36. The van der Waals surface area contributed by atoms with Crippen molar-refractivity contribution in [1.29, 1.82) is 0 Å². The molecule has 0 spiro atoms. The van der Waals surface area contributed by atoms with E-state index in [4.69, 9.17) is 9.47 Å². The van der Waals surface area contributed by atoms with Crippen molar-refractivity contribution in [3.05, 3.63) is 71.5 Å². The van der Waals surface area contributed by atoms with E-state index in [1.807, 2.05) is 0 Å². The molecule has 0 radical (unpaired) electrons. The van der Waals surface area contributed by atoms with Gasteiger partial charge in [-0.1, -0.05) is 0 Å². The maximum absolute atomic E-state index is 13.9. The van der Waals surface area contributed by atoms with Gasteiger partial charge in [0.25, 0.3) is 5.91 Å². The Labute approximate surface area is 197 Å². The number of ketones is 1. The second kappa shape index (κ2) is 9.09. The van der Waals surface area contributed by atoms with Gasteiger partial charge < -0.3 is 14.8 Å². The molecule has 2 aromatic carbocycles. The van der Waals surface area contributed by atoms with Crippen molar-refractivity contribution in [1.82, 2.24) is 14.6 Å². The molecule has 4 rings (SSSR count). The van der Waals surface area contributed by atoms with E-state index < -0.39 is 17.8 Å². The van der Waals surface area contributed by atoms with Gasteiger partial charge in [-0.2, -0.15) is 18.3 Å². The number of hydrogen-bond acceptors (Lipinski definition) is 6. The molecule has 1 amide bonds. The SMILES string of the molecule is COc1ccc(-c2cc(C(F)(F)F)n3ncc(C(=O)Nc4ccc(C(C)=O)cc4)c3n2)cc1OC. The minimum atomic E-state index is -4.77. The average Bonchev–Trinajstić information content (AvgIpc) is 3.26. The van der Waals surface area contributed by atoms with E-state index in [1.165, 1.54) is 57.5 Å². The number of fused-ring (bicyclic) bond motifs is 1. The molecule has 8 nitrogen and oxygen atoms in total. The molecule has 0 aliphatic rings. The monoisotopic (exact) mass is 484 g/mol. The van der Waals surface area contributed by atoms with Crippen LogP contribution < -0.4 is 14.8 Å². The fourth-order valence-corrected chi connectivity index (χ4v) is 3.46. The molecular formula is C24H19F3N4O4. The van der Waals surface area contributed by atoms with Crippen LogP contribution in [0.15, 0.2) is 54.7 Å². The van der Waals surface area contributed by atoms with Crippen molar-refractivity contribution in [2.24, 2.45) is 0 Å². The lowest BCUT2D eigenvalue weighted by molar-refractivity contribution is -0.142. The summed E-state index contributed by atoms with van der Waals surface area (Å²) in [6, 6.07) is 11.5. The molecule has 2 heterocycles. The molecule has 0 bridgehead atoms. The van der Waals surface area contributed by atoms with Crippen molar-refractivity contribution in [3.8, 4) is 22.8 Å². The quantitative estimate of drug-likeness (QED) is 0.392. The Kier molecular flexibility index (Phi) is 6.16. The Bertz CT molecular complexity index is 1430. The number of carbonyl (C=O) groups is 2. The topological polar surface area (TPSA) is 94.8 Å². The van der Waals surface area contributed by atoms with Crippen molar-refractivity contribution in [2.45, 2.75) is 13.1 Å². The minimum Gasteiger partial charge on any atom is -0.493 e. The number of Topliss-reactive ketones (excluding diaryl/α,β-unsaturated/α-hetero) is 1. The fourth-order valence-electron chi connectivity index (χ4n) is 3.46. The van der Waals surface area contributed by atoms with Gasteiger partial charge in [-0.05, 0) is 55.5 Å². The number of hydrogen-bond donors (Lipinski definition) is 1. The van der Waals surface area contributed by atoms with Crippen LogP contribution in [0.25, 0.3) is 16.9 Å². The zero-order chi connectivity index (χ0) is 25.3. The lowest BCUT2D eigenvalue weighted by atomic mass is 10.1. The van der Waals surface area contributed by atoms with E-state index in [1.54, 1.807) is 6.07 Å². The lowest BCUT2D eigenvalue weighted by Crippen LogP contribution is -2.16. The van der Waals surface area contributed by atoms with E-state index >= 15 is 0 Å². The number of benzene rings is 2. The number of nitrogens with one attached hydrogen (secondary N) is 1. The summed E-state index contributed by atoms with van der Waals surface area (Å²) < 4.78 is 52.6. The maximum atomic E-state index is 13.9. The molecule has 180 valence electrons. The Morgan fingerprint density at radius 2 is 1.66 bits per heavy atom. The number of ether oxygens (including phenoxy) is 2. The van der Waals surface area contributed by atoms with Crippen LogP contribution in [0.2, 0.25) is 0 Å². The second-order valence-corrected chi connectivity index (χ2v) is 7.48. The first kappa shape index (κ1) is 23.7. The van der Waals surface area contributed by atoms with Gasteiger partial charge in [-0.25, -0.2) is 9.50 Å².